The van der Waals surface area contributed by atoms with Gasteiger partial charge in [-0.2, -0.15) is 0 Å². The molecule has 134 valence electrons. The number of benzene rings is 1. The van der Waals surface area contributed by atoms with E-state index in [1.807, 2.05) is 13.8 Å². The van der Waals surface area contributed by atoms with Gasteiger partial charge in [0.1, 0.15) is 28.6 Å². The zero-order valence-electron chi connectivity index (χ0n) is 14.6. The van der Waals surface area contributed by atoms with Crippen molar-refractivity contribution in [1.82, 2.24) is 5.32 Å². The van der Waals surface area contributed by atoms with Crippen molar-refractivity contribution >= 4 is 11.9 Å². The van der Waals surface area contributed by atoms with Crippen molar-refractivity contribution in [3.05, 3.63) is 46.9 Å². The average Bonchev–Trinajstić information content (AvgIpc) is 2.93. The fourth-order valence-electron chi connectivity index (χ4n) is 2.27. The number of aromatic carboxylic acids is 1. The van der Waals surface area contributed by atoms with Crippen LogP contribution in [0.5, 0.6) is 11.5 Å². The van der Waals surface area contributed by atoms with Gasteiger partial charge in [0.2, 0.25) is 0 Å². The molecule has 0 aliphatic heterocycles. The molecule has 0 atom stereocenters. The highest BCUT2D eigenvalue weighted by Crippen LogP contribution is 2.26. The van der Waals surface area contributed by atoms with E-state index < -0.39 is 5.97 Å². The van der Waals surface area contributed by atoms with E-state index >= 15 is 0 Å². The van der Waals surface area contributed by atoms with Crippen LogP contribution in [0.2, 0.25) is 0 Å². The monoisotopic (exact) mass is 347 g/mol. The Morgan fingerprint density at radius 2 is 1.96 bits per heavy atom. The number of rotatable bonds is 7. The highest BCUT2D eigenvalue weighted by molar-refractivity contribution is 5.97. The number of aryl methyl sites for hydroxylation is 1. The molecule has 1 heterocycles. The van der Waals surface area contributed by atoms with Gasteiger partial charge in [-0.1, -0.05) is 0 Å². The Morgan fingerprint density at radius 1 is 1.24 bits per heavy atom. The van der Waals surface area contributed by atoms with Gasteiger partial charge in [0.05, 0.1) is 25.3 Å². The molecule has 0 spiro atoms. The van der Waals surface area contributed by atoms with Crippen LogP contribution in [0.1, 0.15) is 46.1 Å². The molecule has 1 aromatic heterocycles. The first-order valence-electron chi connectivity index (χ1n) is 7.77. The van der Waals surface area contributed by atoms with Gasteiger partial charge in [-0.3, -0.25) is 4.79 Å². The molecule has 0 saturated heterocycles. The Morgan fingerprint density at radius 3 is 2.52 bits per heavy atom. The number of carboxylic acid groups (broad SMARTS) is 1. The molecular formula is C18H21NO6. The molecule has 0 radical (unpaired) electrons. The first-order chi connectivity index (χ1) is 11.8. The van der Waals surface area contributed by atoms with Crippen LogP contribution < -0.4 is 14.8 Å². The minimum absolute atomic E-state index is 0.0695. The van der Waals surface area contributed by atoms with E-state index in [0.29, 0.717) is 28.6 Å². The van der Waals surface area contributed by atoms with Crippen molar-refractivity contribution in [3.63, 3.8) is 0 Å². The van der Waals surface area contributed by atoms with Crippen molar-refractivity contribution in [2.75, 3.05) is 7.11 Å². The summed E-state index contributed by atoms with van der Waals surface area (Å²) in [6.07, 6.45) is -0.107. The molecule has 0 aliphatic carbocycles. The van der Waals surface area contributed by atoms with Gasteiger partial charge in [0.25, 0.3) is 5.91 Å². The molecule has 7 nitrogen and oxygen atoms in total. The van der Waals surface area contributed by atoms with Crippen molar-refractivity contribution in [3.8, 4) is 11.5 Å². The molecule has 0 fully saturated rings. The maximum Gasteiger partial charge on any atom is 0.339 e. The predicted octanol–water partition coefficient (Wildman–Crippen LogP) is 3.01. The lowest BCUT2D eigenvalue weighted by Gasteiger charge is -2.15. The Kier molecular flexibility index (Phi) is 5.69. The van der Waals surface area contributed by atoms with Crippen LogP contribution >= 0.6 is 0 Å². The van der Waals surface area contributed by atoms with E-state index in [9.17, 15) is 9.59 Å². The zero-order chi connectivity index (χ0) is 18.6. The summed E-state index contributed by atoms with van der Waals surface area (Å²) < 4.78 is 16.2. The van der Waals surface area contributed by atoms with Crippen LogP contribution in [0.4, 0.5) is 0 Å². The third-order valence-corrected chi connectivity index (χ3v) is 3.42. The van der Waals surface area contributed by atoms with E-state index in [4.69, 9.17) is 19.0 Å². The lowest BCUT2D eigenvalue weighted by molar-refractivity contribution is 0.0694. The topological polar surface area (TPSA) is 98.0 Å². The fraction of sp³-hybridized carbons (Fsp3) is 0.333. The maximum atomic E-state index is 12.5. The number of nitrogens with one attached hydrogen (secondary N) is 1. The fourth-order valence-corrected chi connectivity index (χ4v) is 2.27. The van der Waals surface area contributed by atoms with E-state index in [1.54, 1.807) is 25.1 Å². The van der Waals surface area contributed by atoms with E-state index in [2.05, 4.69) is 5.32 Å². The second-order valence-electron chi connectivity index (χ2n) is 5.70. The van der Waals surface area contributed by atoms with Crippen LogP contribution in [0.15, 0.2) is 28.7 Å². The molecule has 0 aliphatic rings. The molecule has 0 unspecified atom stereocenters. The minimum Gasteiger partial charge on any atom is -0.497 e. The van der Waals surface area contributed by atoms with Gasteiger partial charge in [-0.05, 0) is 39.0 Å². The van der Waals surface area contributed by atoms with Crippen LogP contribution in [-0.4, -0.2) is 30.2 Å². The van der Waals surface area contributed by atoms with Crippen LogP contribution in [0, 0.1) is 6.92 Å². The van der Waals surface area contributed by atoms with Crippen molar-refractivity contribution in [2.45, 2.75) is 33.4 Å². The second-order valence-corrected chi connectivity index (χ2v) is 5.70. The van der Waals surface area contributed by atoms with Gasteiger partial charge in [-0.15, -0.1) is 0 Å². The maximum absolute atomic E-state index is 12.5. The SMILES string of the molecule is COc1ccc(C(=O)NCc2cc(C(=O)O)c(C)o2)c(OC(C)C)c1. The summed E-state index contributed by atoms with van der Waals surface area (Å²) in [4.78, 5) is 23.5. The molecule has 0 saturated carbocycles. The summed E-state index contributed by atoms with van der Waals surface area (Å²) in [7, 11) is 1.54. The van der Waals surface area contributed by atoms with Crippen molar-refractivity contribution in [2.24, 2.45) is 0 Å². The molecule has 2 aromatic rings. The average molecular weight is 347 g/mol. The van der Waals surface area contributed by atoms with Gasteiger partial charge in [0.15, 0.2) is 0 Å². The Bertz CT molecular complexity index is 778. The molecule has 2 N–H and O–H groups in total. The van der Waals surface area contributed by atoms with Crippen LogP contribution in [0.25, 0.3) is 0 Å². The zero-order valence-corrected chi connectivity index (χ0v) is 14.6. The van der Waals surface area contributed by atoms with E-state index in [1.165, 1.54) is 13.2 Å². The number of furan rings is 1. The summed E-state index contributed by atoms with van der Waals surface area (Å²) in [5, 5.41) is 11.7. The van der Waals surface area contributed by atoms with Gasteiger partial charge in [-0.25, -0.2) is 4.79 Å². The molecular weight excluding hydrogens is 326 g/mol. The number of hydrogen-bond acceptors (Lipinski definition) is 5. The van der Waals surface area contributed by atoms with Gasteiger partial charge in [0, 0.05) is 6.07 Å². The summed E-state index contributed by atoms with van der Waals surface area (Å²) >= 11 is 0. The first-order valence-corrected chi connectivity index (χ1v) is 7.77. The lowest BCUT2D eigenvalue weighted by atomic mass is 10.1. The van der Waals surface area contributed by atoms with Crippen LogP contribution in [-0.2, 0) is 6.54 Å². The Hall–Kier alpha value is -2.96. The summed E-state index contributed by atoms with van der Waals surface area (Å²) in [5.74, 6) is 0.229. The Labute approximate surface area is 145 Å². The number of carbonyl (C=O) groups is 2. The van der Waals surface area contributed by atoms with Crippen LogP contribution in [0.3, 0.4) is 0 Å². The number of amides is 1. The Balaban J connectivity index is 2.15. The molecule has 1 amide bonds. The summed E-state index contributed by atoms with van der Waals surface area (Å²) in [6.45, 7) is 5.35. The third kappa shape index (κ3) is 4.53. The van der Waals surface area contributed by atoms with Gasteiger partial charge < -0.3 is 24.3 Å². The first kappa shape index (κ1) is 18.4. The van der Waals surface area contributed by atoms with Crippen molar-refractivity contribution < 1.29 is 28.6 Å². The molecule has 0 bridgehead atoms. The smallest absolute Gasteiger partial charge is 0.339 e. The predicted molar refractivity (Wildman–Crippen MR) is 90.3 cm³/mol. The number of ether oxygens (including phenoxy) is 2. The number of methoxy groups -OCH3 is 1. The number of carboxylic acids is 1. The number of hydrogen-bond donors (Lipinski definition) is 2. The van der Waals surface area contributed by atoms with E-state index in [0.717, 1.165) is 0 Å². The van der Waals surface area contributed by atoms with Crippen molar-refractivity contribution in [1.29, 1.82) is 0 Å². The second kappa shape index (κ2) is 7.74. The summed E-state index contributed by atoms with van der Waals surface area (Å²) in [5.41, 5.74) is 0.439. The number of carbonyl (C=O) groups excluding carboxylic acids is 1. The highest BCUT2D eigenvalue weighted by atomic mass is 16.5. The standard InChI is InChI=1S/C18H21NO6/c1-10(2)24-16-8-12(23-4)5-6-14(16)17(20)19-9-13-7-15(18(21)22)11(3)25-13/h5-8,10H,9H2,1-4H3,(H,19,20)(H,21,22). The normalized spacial score (nSPS) is 10.6. The summed E-state index contributed by atoms with van der Waals surface area (Å²) in [6, 6.07) is 6.33. The quantitative estimate of drug-likeness (QED) is 0.799. The lowest BCUT2D eigenvalue weighted by Crippen LogP contribution is -2.24. The highest BCUT2D eigenvalue weighted by Gasteiger charge is 2.17. The molecule has 25 heavy (non-hydrogen) atoms. The molecule has 1 aromatic carbocycles. The molecule has 2 rings (SSSR count). The minimum atomic E-state index is -1.07. The van der Waals surface area contributed by atoms with E-state index in [-0.39, 0.29) is 24.1 Å². The molecule has 7 heteroatoms. The third-order valence-electron chi connectivity index (χ3n) is 3.42. The van der Waals surface area contributed by atoms with Gasteiger partial charge >= 0.3 is 5.97 Å². The largest absolute Gasteiger partial charge is 0.497 e.